The van der Waals surface area contributed by atoms with Crippen LogP contribution < -0.4 is 15.5 Å². The molecule has 0 unspecified atom stereocenters. The second kappa shape index (κ2) is 10.0. The van der Waals surface area contributed by atoms with Gasteiger partial charge in [0, 0.05) is 5.69 Å². The first kappa shape index (κ1) is 22.9. The number of carbonyl (C=O) groups is 2. The number of hydrazone groups is 1. The molecule has 0 bridgehead atoms. The van der Waals surface area contributed by atoms with E-state index in [2.05, 4.69) is 20.6 Å². The zero-order valence-corrected chi connectivity index (χ0v) is 18.3. The molecule has 2 amide bonds. The summed E-state index contributed by atoms with van der Waals surface area (Å²) in [5, 5.41) is 6.18. The van der Waals surface area contributed by atoms with Crippen molar-refractivity contribution in [3.63, 3.8) is 0 Å². The molecule has 1 aromatic heterocycles. The SMILES string of the molecule is Cc1ccc(S(=O)(=O)NCc2ccc(/C=N/NC(=O)C(=O)Nc3ccccc3C)o2)cc1. The van der Waals surface area contributed by atoms with Crippen molar-refractivity contribution in [2.24, 2.45) is 5.10 Å². The van der Waals surface area contributed by atoms with E-state index in [0.717, 1.165) is 11.1 Å². The van der Waals surface area contributed by atoms with E-state index in [4.69, 9.17) is 4.42 Å². The average molecular weight is 455 g/mol. The van der Waals surface area contributed by atoms with Gasteiger partial charge in [0.2, 0.25) is 10.0 Å². The monoisotopic (exact) mass is 454 g/mol. The topological polar surface area (TPSA) is 130 Å². The van der Waals surface area contributed by atoms with E-state index in [9.17, 15) is 18.0 Å². The second-order valence-corrected chi connectivity index (χ2v) is 8.68. The lowest BCUT2D eigenvalue weighted by Crippen LogP contribution is -2.32. The number of sulfonamides is 1. The summed E-state index contributed by atoms with van der Waals surface area (Å²) in [6, 6.07) is 16.7. The maximum Gasteiger partial charge on any atom is 0.329 e. The zero-order valence-electron chi connectivity index (χ0n) is 17.5. The van der Waals surface area contributed by atoms with Crippen molar-refractivity contribution in [1.82, 2.24) is 10.1 Å². The highest BCUT2D eigenvalue weighted by Gasteiger charge is 2.15. The highest BCUT2D eigenvalue weighted by Crippen LogP contribution is 2.13. The highest BCUT2D eigenvalue weighted by atomic mass is 32.2. The first-order valence-corrected chi connectivity index (χ1v) is 11.1. The molecule has 3 N–H and O–H groups in total. The summed E-state index contributed by atoms with van der Waals surface area (Å²) in [5.41, 5.74) is 4.41. The molecule has 10 heteroatoms. The van der Waals surface area contributed by atoms with E-state index < -0.39 is 21.8 Å². The van der Waals surface area contributed by atoms with Crippen molar-refractivity contribution < 1.29 is 22.4 Å². The number of hydrogen-bond donors (Lipinski definition) is 3. The molecule has 1 heterocycles. The van der Waals surface area contributed by atoms with Crippen molar-refractivity contribution in [1.29, 1.82) is 0 Å². The number of nitrogens with one attached hydrogen (secondary N) is 3. The van der Waals surface area contributed by atoms with Gasteiger partial charge in [0.15, 0.2) is 0 Å². The standard InChI is InChI=1S/C22H22N4O5S/c1-15-7-11-19(12-8-15)32(29,30)24-14-18-10-9-17(31-18)13-23-26-22(28)21(27)25-20-6-4-3-5-16(20)2/h3-13,24H,14H2,1-2H3,(H,25,27)(H,26,28)/b23-13+. The third-order valence-electron chi connectivity index (χ3n) is 4.41. The minimum atomic E-state index is -3.68. The van der Waals surface area contributed by atoms with Crippen LogP contribution in [-0.4, -0.2) is 26.4 Å². The number of aryl methyl sites for hydroxylation is 2. The minimum Gasteiger partial charge on any atom is -0.459 e. The van der Waals surface area contributed by atoms with E-state index in [1.165, 1.54) is 18.3 Å². The molecule has 0 saturated heterocycles. The molecule has 0 fully saturated rings. The Labute approximate surface area is 185 Å². The maximum absolute atomic E-state index is 12.3. The maximum atomic E-state index is 12.3. The van der Waals surface area contributed by atoms with Gasteiger partial charge in [0.05, 0.1) is 17.7 Å². The highest BCUT2D eigenvalue weighted by molar-refractivity contribution is 7.89. The van der Waals surface area contributed by atoms with E-state index >= 15 is 0 Å². The fourth-order valence-corrected chi connectivity index (χ4v) is 3.62. The molecule has 0 spiro atoms. The number of amides is 2. The van der Waals surface area contributed by atoms with Crippen molar-refractivity contribution >= 4 is 33.7 Å². The molecule has 0 radical (unpaired) electrons. The Morgan fingerprint density at radius 2 is 1.69 bits per heavy atom. The Morgan fingerprint density at radius 1 is 0.969 bits per heavy atom. The van der Waals surface area contributed by atoms with Crippen LogP contribution in [0.1, 0.15) is 22.6 Å². The van der Waals surface area contributed by atoms with Crippen molar-refractivity contribution in [3.05, 3.63) is 83.3 Å². The number of furan rings is 1. The van der Waals surface area contributed by atoms with Gasteiger partial charge in [-0.2, -0.15) is 5.10 Å². The van der Waals surface area contributed by atoms with Crippen LogP contribution in [0.4, 0.5) is 5.69 Å². The van der Waals surface area contributed by atoms with Crippen molar-refractivity contribution in [3.8, 4) is 0 Å². The Hall–Kier alpha value is -3.76. The van der Waals surface area contributed by atoms with Gasteiger partial charge in [-0.05, 0) is 49.7 Å². The third kappa shape index (κ3) is 6.13. The van der Waals surface area contributed by atoms with Crippen molar-refractivity contribution in [2.75, 3.05) is 5.32 Å². The zero-order chi connectivity index (χ0) is 23.1. The Balaban J connectivity index is 1.51. The number of anilines is 1. The van der Waals surface area contributed by atoms with Gasteiger partial charge < -0.3 is 9.73 Å². The van der Waals surface area contributed by atoms with E-state index in [-0.39, 0.29) is 17.2 Å². The van der Waals surface area contributed by atoms with Crippen LogP contribution in [0.2, 0.25) is 0 Å². The summed E-state index contributed by atoms with van der Waals surface area (Å²) in [5.74, 6) is -1.18. The quantitative estimate of drug-likeness (QED) is 0.287. The lowest BCUT2D eigenvalue weighted by atomic mass is 10.2. The molecule has 0 saturated carbocycles. The largest absolute Gasteiger partial charge is 0.459 e. The van der Waals surface area contributed by atoms with Crippen molar-refractivity contribution in [2.45, 2.75) is 25.3 Å². The summed E-state index contributed by atoms with van der Waals surface area (Å²) in [6.07, 6.45) is 1.21. The number of hydrogen-bond acceptors (Lipinski definition) is 6. The van der Waals surface area contributed by atoms with Gasteiger partial charge in [0.1, 0.15) is 11.5 Å². The van der Waals surface area contributed by atoms with Gasteiger partial charge >= 0.3 is 11.8 Å². The molecule has 0 atom stereocenters. The minimum absolute atomic E-state index is 0.0603. The van der Waals surface area contributed by atoms with Crippen LogP contribution in [0.5, 0.6) is 0 Å². The summed E-state index contributed by atoms with van der Waals surface area (Å²) in [7, 11) is -3.68. The van der Waals surface area contributed by atoms with Gasteiger partial charge in [-0.25, -0.2) is 18.6 Å². The normalized spacial score (nSPS) is 11.4. The predicted octanol–water partition coefficient (Wildman–Crippen LogP) is 2.46. The summed E-state index contributed by atoms with van der Waals surface area (Å²) in [4.78, 5) is 24.0. The molecule has 3 aromatic rings. The Bertz CT molecular complexity index is 1250. The summed E-state index contributed by atoms with van der Waals surface area (Å²) in [6.45, 7) is 3.62. The number of carbonyl (C=O) groups excluding carboxylic acids is 2. The predicted molar refractivity (Wildman–Crippen MR) is 119 cm³/mol. The first-order chi connectivity index (χ1) is 15.2. The molecule has 32 heavy (non-hydrogen) atoms. The van der Waals surface area contributed by atoms with Crippen LogP contribution in [0.3, 0.4) is 0 Å². The lowest BCUT2D eigenvalue weighted by molar-refractivity contribution is -0.136. The van der Waals surface area contributed by atoms with Crippen LogP contribution >= 0.6 is 0 Å². The van der Waals surface area contributed by atoms with Gasteiger partial charge in [0.25, 0.3) is 0 Å². The fourth-order valence-electron chi connectivity index (χ4n) is 2.62. The number of nitrogens with zero attached hydrogens (tertiary/aromatic N) is 1. The van der Waals surface area contributed by atoms with Crippen LogP contribution in [-0.2, 0) is 26.2 Å². The average Bonchev–Trinajstić information content (AvgIpc) is 3.22. The molecular formula is C22H22N4O5S. The molecule has 3 rings (SSSR count). The van der Waals surface area contributed by atoms with Crippen LogP contribution in [0.15, 0.2) is 75.1 Å². The Kier molecular flexibility index (Phi) is 7.18. The molecule has 0 aliphatic carbocycles. The molecular weight excluding hydrogens is 432 g/mol. The van der Waals surface area contributed by atoms with E-state index in [1.807, 2.05) is 13.0 Å². The van der Waals surface area contributed by atoms with Gasteiger partial charge in [-0.15, -0.1) is 0 Å². The molecule has 0 aliphatic rings. The number of para-hydroxylation sites is 1. The third-order valence-corrected chi connectivity index (χ3v) is 5.82. The summed E-state index contributed by atoms with van der Waals surface area (Å²) < 4.78 is 32.6. The van der Waals surface area contributed by atoms with E-state index in [1.54, 1.807) is 49.4 Å². The lowest BCUT2D eigenvalue weighted by Gasteiger charge is -2.06. The second-order valence-electron chi connectivity index (χ2n) is 6.91. The number of rotatable bonds is 7. The van der Waals surface area contributed by atoms with E-state index in [0.29, 0.717) is 11.4 Å². The number of benzene rings is 2. The van der Waals surface area contributed by atoms with Crippen LogP contribution in [0.25, 0.3) is 0 Å². The molecule has 2 aromatic carbocycles. The Morgan fingerprint density at radius 3 is 2.41 bits per heavy atom. The molecule has 166 valence electrons. The van der Waals surface area contributed by atoms with Gasteiger partial charge in [-0.1, -0.05) is 35.9 Å². The van der Waals surface area contributed by atoms with Gasteiger partial charge in [-0.3, -0.25) is 9.59 Å². The fraction of sp³-hybridized carbons (Fsp3) is 0.136. The summed E-state index contributed by atoms with van der Waals surface area (Å²) >= 11 is 0. The van der Waals surface area contributed by atoms with Crippen LogP contribution in [0, 0.1) is 13.8 Å². The molecule has 9 nitrogen and oxygen atoms in total. The smallest absolute Gasteiger partial charge is 0.329 e. The molecule has 0 aliphatic heterocycles. The first-order valence-electron chi connectivity index (χ1n) is 9.60.